The normalized spacial score (nSPS) is 10.7. The lowest BCUT2D eigenvalue weighted by Gasteiger charge is -2.11. The standard InChI is InChI=1S/C21H24N4/c1-14-7-9-17(10-8-14)11-12-23-20-13-19(24-21(22)25-20)18-6-4-5-15(2)16(18)3/h4-10,13H,11-12H2,1-3H3,(H3,22,23,24,25). The van der Waals surface area contributed by atoms with E-state index in [9.17, 15) is 0 Å². The minimum atomic E-state index is 0.288. The molecule has 0 saturated heterocycles. The van der Waals surface area contributed by atoms with Crippen molar-refractivity contribution in [2.45, 2.75) is 27.2 Å². The fourth-order valence-electron chi connectivity index (χ4n) is 2.81. The van der Waals surface area contributed by atoms with Gasteiger partial charge in [-0.1, -0.05) is 48.0 Å². The smallest absolute Gasteiger partial charge is 0.222 e. The van der Waals surface area contributed by atoms with E-state index in [-0.39, 0.29) is 5.95 Å². The SMILES string of the molecule is Cc1ccc(CCNc2cc(-c3cccc(C)c3C)nc(N)n2)cc1. The summed E-state index contributed by atoms with van der Waals surface area (Å²) < 4.78 is 0. The van der Waals surface area contributed by atoms with Crippen LogP contribution < -0.4 is 11.1 Å². The van der Waals surface area contributed by atoms with Crippen molar-refractivity contribution >= 4 is 11.8 Å². The van der Waals surface area contributed by atoms with Gasteiger partial charge in [0.05, 0.1) is 5.69 Å². The van der Waals surface area contributed by atoms with Crippen LogP contribution in [0.2, 0.25) is 0 Å². The molecule has 0 aliphatic heterocycles. The van der Waals surface area contributed by atoms with Crippen LogP contribution in [0.4, 0.5) is 11.8 Å². The van der Waals surface area contributed by atoms with Gasteiger partial charge in [0.25, 0.3) is 0 Å². The Balaban J connectivity index is 1.75. The number of nitrogens with two attached hydrogens (primary N) is 1. The number of aromatic nitrogens is 2. The minimum Gasteiger partial charge on any atom is -0.370 e. The number of hydrogen-bond acceptors (Lipinski definition) is 4. The van der Waals surface area contributed by atoms with Gasteiger partial charge in [-0.25, -0.2) is 4.98 Å². The van der Waals surface area contributed by atoms with Crippen molar-refractivity contribution in [3.05, 3.63) is 70.8 Å². The molecule has 0 saturated carbocycles. The summed E-state index contributed by atoms with van der Waals surface area (Å²) in [5.41, 5.74) is 12.9. The number of aryl methyl sites for hydroxylation is 2. The molecule has 4 heteroatoms. The van der Waals surface area contributed by atoms with Crippen molar-refractivity contribution in [1.82, 2.24) is 9.97 Å². The van der Waals surface area contributed by atoms with E-state index in [0.717, 1.165) is 30.0 Å². The van der Waals surface area contributed by atoms with Crippen LogP contribution in [-0.2, 0) is 6.42 Å². The van der Waals surface area contributed by atoms with Crippen LogP contribution in [0.15, 0.2) is 48.5 Å². The number of nitrogens with zero attached hydrogens (tertiary/aromatic N) is 2. The third-order valence-electron chi connectivity index (χ3n) is 4.46. The summed E-state index contributed by atoms with van der Waals surface area (Å²) >= 11 is 0. The summed E-state index contributed by atoms with van der Waals surface area (Å²) in [7, 11) is 0. The second kappa shape index (κ2) is 7.34. The highest BCUT2D eigenvalue weighted by molar-refractivity contribution is 5.68. The average molecular weight is 332 g/mol. The van der Waals surface area contributed by atoms with E-state index in [1.807, 2.05) is 12.1 Å². The Morgan fingerprint density at radius 3 is 2.48 bits per heavy atom. The third-order valence-corrected chi connectivity index (χ3v) is 4.46. The molecule has 0 bridgehead atoms. The van der Waals surface area contributed by atoms with Gasteiger partial charge in [0.15, 0.2) is 0 Å². The Hall–Kier alpha value is -2.88. The summed E-state index contributed by atoms with van der Waals surface area (Å²) in [5, 5.41) is 3.36. The Morgan fingerprint density at radius 1 is 0.960 bits per heavy atom. The minimum absolute atomic E-state index is 0.288. The molecule has 0 amide bonds. The first kappa shape index (κ1) is 17.0. The second-order valence-corrected chi connectivity index (χ2v) is 6.41. The predicted molar refractivity (Wildman–Crippen MR) is 105 cm³/mol. The highest BCUT2D eigenvalue weighted by atomic mass is 15.1. The van der Waals surface area contributed by atoms with Gasteiger partial charge in [-0.2, -0.15) is 4.98 Å². The van der Waals surface area contributed by atoms with Gasteiger partial charge >= 0.3 is 0 Å². The van der Waals surface area contributed by atoms with E-state index >= 15 is 0 Å². The number of nitrogens with one attached hydrogen (secondary N) is 1. The van der Waals surface area contributed by atoms with Crippen LogP contribution in [0.3, 0.4) is 0 Å². The Kier molecular flexibility index (Phi) is 4.98. The molecule has 2 aromatic carbocycles. The highest BCUT2D eigenvalue weighted by Crippen LogP contribution is 2.26. The van der Waals surface area contributed by atoms with Crippen LogP contribution in [0.5, 0.6) is 0 Å². The van der Waals surface area contributed by atoms with Crippen molar-refractivity contribution in [2.75, 3.05) is 17.6 Å². The molecule has 1 aromatic heterocycles. The zero-order valence-corrected chi connectivity index (χ0v) is 15.0. The van der Waals surface area contributed by atoms with E-state index in [2.05, 4.69) is 72.5 Å². The molecular formula is C21H24N4. The number of anilines is 2. The number of rotatable bonds is 5. The molecule has 25 heavy (non-hydrogen) atoms. The molecule has 128 valence electrons. The summed E-state index contributed by atoms with van der Waals surface area (Å²) in [5.74, 6) is 1.05. The van der Waals surface area contributed by atoms with Crippen molar-refractivity contribution in [3.63, 3.8) is 0 Å². The fraction of sp³-hybridized carbons (Fsp3) is 0.238. The van der Waals surface area contributed by atoms with Crippen LogP contribution in [-0.4, -0.2) is 16.5 Å². The van der Waals surface area contributed by atoms with Gasteiger partial charge in [-0.3, -0.25) is 0 Å². The highest BCUT2D eigenvalue weighted by Gasteiger charge is 2.08. The lowest BCUT2D eigenvalue weighted by atomic mass is 10.0. The van der Waals surface area contributed by atoms with E-state index in [4.69, 9.17) is 5.73 Å². The van der Waals surface area contributed by atoms with Gasteiger partial charge < -0.3 is 11.1 Å². The first-order valence-corrected chi connectivity index (χ1v) is 8.53. The summed E-state index contributed by atoms with van der Waals surface area (Å²) in [6.45, 7) is 7.10. The number of nitrogen functional groups attached to an aromatic ring is 1. The Bertz CT molecular complexity index is 870. The molecule has 0 atom stereocenters. The molecule has 0 fully saturated rings. The van der Waals surface area contributed by atoms with E-state index < -0.39 is 0 Å². The zero-order chi connectivity index (χ0) is 17.8. The quantitative estimate of drug-likeness (QED) is 0.731. The molecule has 1 heterocycles. The topological polar surface area (TPSA) is 63.8 Å². The summed E-state index contributed by atoms with van der Waals surface area (Å²) in [6, 6.07) is 16.8. The first-order chi connectivity index (χ1) is 12.0. The molecule has 3 N–H and O–H groups in total. The van der Waals surface area contributed by atoms with E-state index in [1.54, 1.807) is 0 Å². The maximum Gasteiger partial charge on any atom is 0.222 e. The molecule has 0 aliphatic rings. The van der Waals surface area contributed by atoms with Gasteiger partial charge in [-0.05, 0) is 43.9 Å². The van der Waals surface area contributed by atoms with E-state index in [0.29, 0.717) is 0 Å². The van der Waals surface area contributed by atoms with Crippen molar-refractivity contribution < 1.29 is 0 Å². The predicted octanol–water partition coefficient (Wildman–Crippen LogP) is 4.31. The number of hydrogen-bond donors (Lipinski definition) is 2. The maximum absolute atomic E-state index is 5.92. The lowest BCUT2D eigenvalue weighted by molar-refractivity contribution is 1.00. The molecule has 3 rings (SSSR count). The van der Waals surface area contributed by atoms with Crippen LogP contribution in [0.25, 0.3) is 11.3 Å². The third kappa shape index (κ3) is 4.15. The van der Waals surface area contributed by atoms with Gasteiger partial charge in [0.1, 0.15) is 5.82 Å². The first-order valence-electron chi connectivity index (χ1n) is 8.53. The largest absolute Gasteiger partial charge is 0.370 e. The fourth-order valence-corrected chi connectivity index (χ4v) is 2.81. The monoisotopic (exact) mass is 332 g/mol. The van der Waals surface area contributed by atoms with Crippen LogP contribution in [0, 0.1) is 20.8 Å². The van der Waals surface area contributed by atoms with E-state index in [1.165, 1.54) is 22.3 Å². The lowest BCUT2D eigenvalue weighted by Crippen LogP contribution is -2.08. The Morgan fingerprint density at radius 2 is 1.72 bits per heavy atom. The van der Waals surface area contributed by atoms with Crippen LogP contribution >= 0.6 is 0 Å². The average Bonchev–Trinajstić information content (AvgIpc) is 2.59. The number of benzene rings is 2. The molecule has 0 aliphatic carbocycles. The van der Waals surface area contributed by atoms with Crippen LogP contribution in [0.1, 0.15) is 22.3 Å². The maximum atomic E-state index is 5.92. The summed E-state index contributed by atoms with van der Waals surface area (Å²) in [6.07, 6.45) is 0.934. The van der Waals surface area contributed by atoms with Crippen molar-refractivity contribution in [3.8, 4) is 11.3 Å². The van der Waals surface area contributed by atoms with Gasteiger partial charge in [-0.15, -0.1) is 0 Å². The van der Waals surface area contributed by atoms with Crippen molar-refractivity contribution in [1.29, 1.82) is 0 Å². The Labute approximate surface area is 149 Å². The molecule has 0 unspecified atom stereocenters. The van der Waals surface area contributed by atoms with Gasteiger partial charge in [0, 0.05) is 18.2 Å². The molecule has 3 aromatic rings. The molecule has 0 spiro atoms. The zero-order valence-electron chi connectivity index (χ0n) is 15.0. The summed E-state index contributed by atoms with van der Waals surface area (Å²) in [4.78, 5) is 8.72. The second-order valence-electron chi connectivity index (χ2n) is 6.41. The molecule has 0 radical (unpaired) electrons. The van der Waals surface area contributed by atoms with Crippen molar-refractivity contribution in [2.24, 2.45) is 0 Å². The van der Waals surface area contributed by atoms with Gasteiger partial charge in [0.2, 0.25) is 5.95 Å². The molecule has 4 nitrogen and oxygen atoms in total. The molecular weight excluding hydrogens is 308 g/mol.